The number of carboxylic acids is 1. The minimum Gasteiger partial charge on any atom is -0.481 e. The largest absolute Gasteiger partial charge is 0.481 e. The number of aliphatic carboxylic acids is 1. The third-order valence-electron chi connectivity index (χ3n) is 3.89. The Labute approximate surface area is 115 Å². The minimum atomic E-state index is -0.857. The van der Waals surface area contributed by atoms with E-state index >= 15 is 0 Å². The summed E-state index contributed by atoms with van der Waals surface area (Å²) >= 11 is 0. The first-order chi connectivity index (χ1) is 9.59. The molecule has 1 aromatic heterocycles. The Hall–Kier alpha value is -2.17. The van der Waals surface area contributed by atoms with Crippen LogP contribution in [0.5, 0.6) is 0 Å². The number of imidazole rings is 1. The molecule has 0 saturated carbocycles. The SMILES string of the molecule is Cn1c(-c2ccccc2F)nc2c1CCCC2C(=O)O. The first-order valence-electron chi connectivity index (χ1n) is 6.62. The molecule has 2 aromatic rings. The smallest absolute Gasteiger partial charge is 0.312 e. The monoisotopic (exact) mass is 274 g/mol. The lowest BCUT2D eigenvalue weighted by atomic mass is 9.90. The number of benzene rings is 1. The van der Waals surface area contributed by atoms with E-state index in [0.717, 1.165) is 18.5 Å². The van der Waals surface area contributed by atoms with Crippen molar-refractivity contribution in [3.63, 3.8) is 0 Å². The first-order valence-corrected chi connectivity index (χ1v) is 6.62. The van der Waals surface area contributed by atoms with E-state index in [4.69, 9.17) is 0 Å². The summed E-state index contributed by atoms with van der Waals surface area (Å²) in [7, 11) is 1.82. The van der Waals surface area contributed by atoms with Gasteiger partial charge in [-0.05, 0) is 31.4 Å². The third kappa shape index (κ3) is 1.90. The molecule has 1 atom stereocenters. The second-order valence-electron chi connectivity index (χ2n) is 5.09. The quantitative estimate of drug-likeness (QED) is 0.916. The van der Waals surface area contributed by atoms with E-state index < -0.39 is 11.9 Å². The fraction of sp³-hybridized carbons (Fsp3) is 0.333. The highest BCUT2D eigenvalue weighted by Crippen LogP contribution is 2.34. The van der Waals surface area contributed by atoms with E-state index in [1.54, 1.807) is 18.2 Å². The van der Waals surface area contributed by atoms with E-state index in [1.165, 1.54) is 6.07 Å². The van der Waals surface area contributed by atoms with Gasteiger partial charge in [-0.25, -0.2) is 9.37 Å². The number of hydrogen-bond donors (Lipinski definition) is 1. The number of fused-ring (bicyclic) bond motifs is 1. The van der Waals surface area contributed by atoms with Gasteiger partial charge < -0.3 is 9.67 Å². The molecule has 1 aromatic carbocycles. The number of nitrogens with zero attached hydrogens (tertiary/aromatic N) is 2. The van der Waals surface area contributed by atoms with Gasteiger partial charge in [-0.3, -0.25) is 4.79 Å². The van der Waals surface area contributed by atoms with Crippen molar-refractivity contribution in [2.75, 3.05) is 0 Å². The van der Waals surface area contributed by atoms with Crippen LogP contribution in [-0.2, 0) is 18.3 Å². The molecule has 0 aliphatic heterocycles. The van der Waals surface area contributed by atoms with Gasteiger partial charge in [0, 0.05) is 12.7 Å². The van der Waals surface area contributed by atoms with Gasteiger partial charge in [0.15, 0.2) is 0 Å². The summed E-state index contributed by atoms with van der Waals surface area (Å²) in [5.74, 6) is -1.28. The molecule has 104 valence electrons. The molecule has 1 aliphatic rings. The summed E-state index contributed by atoms with van der Waals surface area (Å²) in [6.45, 7) is 0. The van der Waals surface area contributed by atoms with Gasteiger partial charge in [-0.1, -0.05) is 12.1 Å². The van der Waals surface area contributed by atoms with Crippen LogP contribution in [0.15, 0.2) is 24.3 Å². The average molecular weight is 274 g/mol. The number of halogens is 1. The molecule has 20 heavy (non-hydrogen) atoms. The van der Waals surface area contributed by atoms with Gasteiger partial charge in [-0.2, -0.15) is 0 Å². The highest BCUT2D eigenvalue weighted by molar-refractivity contribution is 5.76. The van der Waals surface area contributed by atoms with Crippen LogP contribution >= 0.6 is 0 Å². The summed E-state index contributed by atoms with van der Waals surface area (Å²) in [6.07, 6.45) is 2.20. The Morgan fingerprint density at radius 2 is 2.20 bits per heavy atom. The topological polar surface area (TPSA) is 55.1 Å². The van der Waals surface area contributed by atoms with Crippen molar-refractivity contribution in [2.45, 2.75) is 25.2 Å². The standard InChI is InChI=1S/C15H15FN2O2/c1-18-12-8-4-6-10(15(19)20)13(12)17-14(18)9-5-2-3-7-11(9)16/h2-3,5,7,10H,4,6,8H2,1H3,(H,19,20). The molecular weight excluding hydrogens is 259 g/mol. The molecule has 0 amide bonds. The Morgan fingerprint density at radius 3 is 2.90 bits per heavy atom. The maximum Gasteiger partial charge on any atom is 0.312 e. The lowest BCUT2D eigenvalue weighted by molar-refractivity contribution is -0.139. The molecule has 4 nitrogen and oxygen atoms in total. The van der Waals surface area contributed by atoms with E-state index in [0.29, 0.717) is 23.5 Å². The van der Waals surface area contributed by atoms with Gasteiger partial charge in [-0.15, -0.1) is 0 Å². The summed E-state index contributed by atoms with van der Waals surface area (Å²) in [6, 6.07) is 6.43. The molecule has 0 fully saturated rings. The van der Waals surface area contributed by atoms with Crippen LogP contribution < -0.4 is 0 Å². The van der Waals surface area contributed by atoms with Crippen molar-refractivity contribution in [1.82, 2.24) is 9.55 Å². The second-order valence-corrected chi connectivity index (χ2v) is 5.09. The maximum atomic E-state index is 13.9. The predicted octanol–water partition coefficient (Wildman–Crippen LogP) is 2.73. The number of hydrogen-bond acceptors (Lipinski definition) is 2. The molecule has 3 rings (SSSR count). The van der Waals surface area contributed by atoms with Gasteiger partial charge in [0.25, 0.3) is 0 Å². The Balaban J connectivity index is 2.16. The fourth-order valence-electron chi connectivity index (χ4n) is 2.86. The number of carboxylic acid groups (broad SMARTS) is 1. The van der Waals surface area contributed by atoms with E-state index in [9.17, 15) is 14.3 Å². The number of rotatable bonds is 2. The van der Waals surface area contributed by atoms with E-state index in [2.05, 4.69) is 4.98 Å². The van der Waals surface area contributed by atoms with E-state index in [-0.39, 0.29) is 5.82 Å². The van der Waals surface area contributed by atoms with Crippen molar-refractivity contribution in [3.05, 3.63) is 41.5 Å². The van der Waals surface area contributed by atoms with Crippen LogP contribution in [0.4, 0.5) is 4.39 Å². The zero-order chi connectivity index (χ0) is 14.3. The highest BCUT2D eigenvalue weighted by Gasteiger charge is 2.31. The van der Waals surface area contributed by atoms with Crippen LogP contribution in [0.3, 0.4) is 0 Å². The molecule has 5 heteroatoms. The zero-order valence-electron chi connectivity index (χ0n) is 11.1. The summed E-state index contributed by atoms with van der Waals surface area (Å²) in [5, 5.41) is 9.29. The van der Waals surface area contributed by atoms with Crippen molar-refractivity contribution in [1.29, 1.82) is 0 Å². The molecule has 0 radical (unpaired) electrons. The predicted molar refractivity (Wildman–Crippen MR) is 71.9 cm³/mol. The van der Waals surface area contributed by atoms with Crippen molar-refractivity contribution in [3.8, 4) is 11.4 Å². The van der Waals surface area contributed by atoms with Crippen LogP contribution in [0.2, 0.25) is 0 Å². The van der Waals surface area contributed by atoms with Crippen molar-refractivity contribution in [2.24, 2.45) is 7.05 Å². The number of aromatic nitrogens is 2. The van der Waals surface area contributed by atoms with Crippen molar-refractivity contribution < 1.29 is 14.3 Å². The maximum absolute atomic E-state index is 13.9. The molecule has 1 unspecified atom stereocenters. The normalized spacial score (nSPS) is 17.8. The number of carbonyl (C=O) groups is 1. The summed E-state index contributed by atoms with van der Waals surface area (Å²) in [4.78, 5) is 15.7. The second kappa shape index (κ2) is 4.74. The Morgan fingerprint density at radius 1 is 1.45 bits per heavy atom. The lowest BCUT2D eigenvalue weighted by Crippen LogP contribution is -2.18. The lowest BCUT2D eigenvalue weighted by Gasteiger charge is -2.18. The van der Waals surface area contributed by atoms with Crippen LogP contribution in [0, 0.1) is 5.82 Å². The molecule has 0 bridgehead atoms. The molecule has 1 aliphatic carbocycles. The van der Waals surface area contributed by atoms with Gasteiger partial charge in [0.05, 0.1) is 11.3 Å². The van der Waals surface area contributed by atoms with Crippen LogP contribution in [0.1, 0.15) is 30.1 Å². The average Bonchev–Trinajstić information content (AvgIpc) is 2.76. The van der Waals surface area contributed by atoms with Crippen molar-refractivity contribution >= 4 is 5.97 Å². The molecule has 1 heterocycles. The minimum absolute atomic E-state index is 0.343. The summed E-state index contributed by atoms with van der Waals surface area (Å²) < 4.78 is 15.7. The van der Waals surface area contributed by atoms with Crippen LogP contribution in [-0.4, -0.2) is 20.6 Å². The van der Waals surface area contributed by atoms with Gasteiger partial charge >= 0.3 is 5.97 Å². The third-order valence-corrected chi connectivity index (χ3v) is 3.89. The molecular formula is C15H15FN2O2. The summed E-state index contributed by atoms with van der Waals surface area (Å²) in [5.41, 5.74) is 1.90. The molecule has 0 saturated heterocycles. The van der Waals surface area contributed by atoms with Crippen LogP contribution in [0.25, 0.3) is 11.4 Å². The van der Waals surface area contributed by atoms with Gasteiger partial charge in [0.1, 0.15) is 17.6 Å². The zero-order valence-corrected chi connectivity index (χ0v) is 11.1. The molecule has 0 spiro atoms. The Bertz CT molecular complexity index is 679. The Kier molecular flexibility index (Phi) is 3.04. The van der Waals surface area contributed by atoms with Gasteiger partial charge in [0.2, 0.25) is 0 Å². The highest BCUT2D eigenvalue weighted by atomic mass is 19.1. The fourth-order valence-corrected chi connectivity index (χ4v) is 2.86. The first kappa shape index (κ1) is 12.8. The van der Waals surface area contributed by atoms with E-state index in [1.807, 2.05) is 11.6 Å². The molecule has 1 N–H and O–H groups in total.